The Hall–Kier alpha value is -2.38. The number of alkyl halides is 3. The van der Waals surface area contributed by atoms with Crippen molar-refractivity contribution in [2.45, 2.75) is 6.18 Å². The highest BCUT2D eigenvalue weighted by Crippen LogP contribution is 2.34. The number of nitrogens with zero attached hydrogens (tertiary/aromatic N) is 3. The van der Waals surface area contributed by atoms with E-state index in [1.807, 2.05) is 0 Å². The van der Waals surface area contributed by atoms with E-state index in [1.165, 1.54) is 18.5 Å². The molecule has 0 atom stereocenters. The van der Waals surface area contributed by atoms with E-state index in [-0.39, 0.29) is 5.56 Å². The van der Waals surface area contributed by atoms with E-state index in [4.69, 9.17) is 5.73 Å². The molecule has 2 aromatic rings. The first kappa shape index (κ1) is 12.1. The molecule has 2 N–H and O–H groups in total. The zero-order valence-corrected chi connectivity index (χ0v) is 8.85. The molecule has 0 spiro atoms. The third-order valence-electron chi connectivity index (χ3n) is 2.23. The van der Waals surface area contributed by atoms with Crippen molar-refractivity contribution in [2.24, 2.45) is 5.73 Å². The Morgan fingerprint density at radius 2 is 1.83 bits per heavy atom. The molecule has 0 bridgehead atoms. The highest BCUT2D eigenvalue weighted by molar-refractivity contribution is 5.97. The summed E-state index contributed by atoms with van der Waals surface area (Å²) in [5.74, 6) is -0.978. The quantitative estimate of drug-likeness (QED) is 0.882. The minimum absolute atomic E-state index is 0.291. The lowest BCUT2D eigenvalue weighted by Crippen LogP contribution is -2.20. The summed E-state index contributed by atoms with van der Waals surface area (Å²) in [4.78, 5) is 11.9. The maximum absolute atomic E-state index is 12.9. The average Bonchev–Trinajstić information content (AvgIpc) is 2.79. The Bertz CT molecular complexity index is 577. The summed E-state index contributed by atoms with van der Waals surface area (Å²) in [6.45, 7) is 0. The van der Waals surface area contributed by atoms with E-state index in [9.17, 15) is 18.0 Å². The van der Waals surface area contributed by atoms with Crippen molar-refractivity contribution in [2.75, 3.05) is 0 Å². The van der Waals surface area contributed by atoms with Gasteiger partial charge in [0.25, 0.3) is 5.91 Å². The van der Waals surface area contributed by atoms with Crippen LogP contribution < -0.4 is 5.73 Å². The van der Waals surface area contributed by atoms with Gasteiger partial charge in [0, 0.05) is 0 Å². The molecule has 1 heterocycles. The van der Waals surface area contributed by atoms with Gasteiger partial charge in [0.2, 0.25) is 0 Å². The second-order valence-corrected chi connectivity index (χ2v) is 3.38. The molecule has 8 heteroatoms. The van der Waals surface area contributed by atoms with Gasteiger partial charge in [-0.25, -0.2) is 0 Å². The van der Waals surface area contributed by atoms with Gasteiger partial charge in [0.05, 0.1) is 23.5 Å². The van der Waals surface area contributed by atoms with Crippen LogP contribution in [-0.2, 0) is 6.18 Å². The van der Waals surface area contributed by atoms with Gasteiger partial charge in [-0.3, -0.25) is 4.79 Å². The van der Waals surface area contributed by atoms with Crippen LogP contribution >= 0.6 is 0 Å². The molecule has 0 aliphatic carbocycles. The molecule has 0 unspecified atom stereocenters. The predicted octanol–water partition coefficient (Wildman–Crippen LogP) is 1.39. The second-order valence-electron chi connectivity index (χ2n) is 3.38. The van der Waals surface area contributed by atoms with Crippen LogP contribution in [0.1, 0.15) is 15.9 Å². The first-order chi connectivity index (χ1) is 8.41. The highest BCUT2D eigenvalue weighted by atomic mass is 19.4. The van der Waals surface area contributed by atoms with E-state index in [0.717, 1.165) is 16.9 Å². The molecule has 0 saturated heterocycles. The number of hydrogen-bond acceptors (Lipinski definition) is 3. The smallest absolute Gasteiger partial charge is 0.366 e. The number of para-hydroxylation sites is 1. The molecule has 0 aliphatic heterocycles. The summed E-state index contributed by atoms with van der Waals surface area (Å²) < 4.78 is 38.6. The lowest BCUT2D eigenvalue weighted by atomic mass is 10.1. The molecule has 1 amide bonds. The molecule has 0 radical (unpaired) electrons. The number of nitrogens with two attached hydrogens (primary N) is 1. The van der Waals surface area contributed by atoms with Crippen molar-refractivity contribution in [3.8, 4) is 5.69 Å². The minimum Gasteiger partial charge on any atom is -0.366 e. The van der Waals surface area contributed by atoms with Gasteiger partial charge in [-0.05, 0) is 12.1 Å². The normalized spacial score (nSPS) is 11.5. The number of halogens is 3. The average molecular weight is 256 g/mol. The van der Waals surface area contributed by atoms with Gasteiger partial charge in [0.15, 0.2) is 0 Å². The Morgan fingerprint density at radius 1 is 1.22 bits per heavy atom. The van der Waals surface area contributed by atoms with Crippen molar-refractivity contribution >= 4 is 5.91 Å². The first-order valence-electron chi connectivity index (χ1n) is 4.78. The molecule has 2 rings (SSSR count). The minimum atomic E-state index is -4.63. The molecule has 0 aliphatic rings. The van der Waals surface area contributed by atoms with Gasteiger partial charge < -0.3 is 5.73 Å². The number of carbonyl (C=O) groups excluding carboxylic acids is 1. The number of aromatic nitrogens is 3. The molecule has 0 fully saturated rings. The molecule has 18 heavy (non-hydrogen) atoms. The number of hydrogen-bond donors (Lipinski definition) is 1. The van der Waals surface area contributed by atoms with Crippen LogP contribution in [0.15, 0.2) is 30.6 Å². The van der Waals surface area contributed by atoms with E-state index < -0.39 is 23.3 Å². The van der Waals surface area contributed by atoms with Gasteiger partial charge in [0.1, 0.15) is 5.69 Å². The monoisotopic (exact) mass is 256 g/mol. The Labute approximate surface area is 99.0 Å². The summed E-state index contributed by atoms with van der Waals surface area (Å²) >= 11 is 0. The summed E-state index contributed by atoms with van der Waals surface area (Å²) in [7, 11) is 0. The molecule has 1 aromatic heterocycles. The summed E-state index contributed by atoms with van der Waals surface area (Å²) in [5.41, 5.74) is 3.28. The van der Waals surface area contributed by atoms with Crippen LogP contribution in [0.25, 0.3) is 5.69 Å². The third kappa shape index (κ3) is 2.04. The van der Waals surface area contributed by atoms with E-state index >= 15 is 0 Å². The molecular weight excluding hydrogens is 249 g/mol. The van der Waals surface area contributed by atoms with Crippen LogP contribution in [0.4, 0.5) is 13.2 Å². The van der Waals surface area contributed by atoms with Crippen LogP contribution in [0.5, 0.6) is 0 Å². The van der Waals surface area contributed by atoms with Crippen LogP contribution in [0, 0.1) is 0 Å². The van der Waals surface area contributed by atoms with Crippen molar-refractivity contribution in [3.63, 3.8) is 0 Å². The maximum atomic E-state index is 12.9. The van der Waals surface area contributed by atoms with Crippen molar-refractivity contribution in [1.82, 2.24) is 15.0 Å². The second kappa shape index (κ2) is 4.13. The highest BCUT2D eigenvalue weighted by Gasteiger charge is 2.36. The number of carbonyl (C=O) groups is 1. The summed E-state index contributed by atoms with van der Waals surface area (Å²) in [6, 6.07) is 3.14. The van der Waals surface area contributed by atoms with Gasteiger partial charge in [-0.2, -0.15) is 28.2 Å². The zero-order valence-electron chi connectivity index (χ0n) is 8.85. The topological polar surface area (TPSA) is 73.8 Å². The molecule has 5 nitrogen and oxygen atoms in total. The van der Waals surface area contributed by atoms with Crippen molar-refractivity contribution < 1.29 is 18.0 Å². The van der Waals surface area contributed by atoms with Crippen LogP contribution in [0.3, 0.4) is 0 Å². The Kier molecular flexibility index (Phi) is 2.77. The van der Waals surface area contributed by atoms with Crippen LogP contribution in [-0.4, -0.2) is 20.9 Å². The fraction of sp³-hybridized carbons (Fsp3) is 0.100. The van der Waals surface area contributed by atoms with E-state index in [0.29, 0.717) is 0 Å². The number of amides is 1. The largest absolute Gasteiger partial charge is 0.418 e. The molecule has 1 aromatic carbocycles. The molecular formula is C10H7F3N4O. The van der Waals surface area contributed by atoms with E-state index in [1.54, 1.807) is 0 Å². The number of primary amides is 1. The van der Waals surface area contributed by atoms with Gasteiger partial charge >= 0.3 is 6.18 Å². The standard InChI is InChI=1S/C10H7F3N4O/c11-10(12,13)7-3-1-2-6(9(14)18)8(7)17-15-4-5-16-17/h1-5H,(H2,14,18). The van der Waals surface area contributed by atoms with E-state index in [2.05, 4.69) is 10.2 Å². The number of benzene rings is 1. The van der Waals surface area contributed by atoms with Crippen LogP contribution in [0.2, 0.25) is 0 Å². The Balaban J connectivity index is 2.77. The van der Waals surface area contributed by atoms with Gasteiger partial charge in [-0.1, -0.05) is 6.07 Å². The lowest BCUT2D eigenvalue weighted by Gasteiger charge is -2.14. The SMILES string of the molecule is NC(=O)c1cccc(C(F)(F)F)c1-n1nccn1. The maximum Gasteiger partial charge on any atom is 0.418 e. The lowest BCUT2D eigenvalue weighted by molar-refractivity contribution is -0.137. The summed E-state index contributed by atoms with van der Waals surface area (Å²) in [6.07, 6.45) is -2.22. The molecule has 0 saturated carbocycles. The zero-order chi connectivity index (χ0) is 13.3. The Morgan fingerprint density at radius 3 is 2.33 bits per heavy atom. The predicted molar refractivity (Wildman–Crippen MR) is 54.9 cm³/mol. The molecule has 94 valence electrons. The fourth-order valence-corrected chi connectivity index (χ4v) is 1.52. The van der Waals surface area contributed by atoms with Crippen molar-refractivity contribution in [1.29, 1.82) is 0 Å². The first-order valence-corrected chi connectivity index (χ1v) is 4.78. The van der Waals surface area contributed by atoms with Crippen molar-refractivity contribution in [3.05, 3.63) is 41.7 Å². The fourth-order valence-electron chi connectivity index (χ4n) is 1.52. The summed E-state index contributed by atoms with van der Waals surface area (Å²) in [5, 5.41) is 7.20. The van der Waals surface area contributed by atoms with Gasteiger partial charge in [-0.15, -0.1) is 0 Å². The number of rotatable bonds is 2. The third-order valence-corrected chi connectivity index (χ3v) is 2.23.